The Morgan fingerprint density at radius 3 is 2.55 bits per heavy atom. The second kappa shape index (κ2) is 10.9. The number of hydrogen-bond donors (Lipinski definition) is 4. The van der Waals surface area contributed by atoms with Crippen molar-refractivity contribution in [3.05, 3.63) is 57.0 Å². The monoisotopic (exact) mass is 446 g/mol. The first-order valence-electron chi connectivity index (χ1n) is 10.5. The van der Waals surface area contributed by atoms with Crippen molar-refractivity contribution in [1.82, 2.24) is 21.5 Å². The molecule has 166 valence electrons. The van der Waals surface area contributed by atoms with Crippen molar-refractivity contribution in [2.45, 2.75) is 58.0 Å². The third kappa shape index (κ3) is 6.52. The molecule has 1 aromatic carbocycles. The van der Waals surface area contributed by atoms with Gasteiger partial charge in [0.15, 0.2) is 0 Å². The van der Waals surface area contributed by atoms with Crippen LogP contribution in [0.2, 0.25) is 0 Å². The van der Waals surface area contributed by atoms with Gasteiger partial charge < -0.3 is 10.6 Å². The van der Waals surface area contributed by atoms with Gasteiger partial charge in [-0.2, -0.15) is 0 Å². The van der Waals surface area contributed by atoms with Gasteiger partial charge in [-0.05, 0) is 61.4 Å². The molecule has 0 bridgehead atoms. The number of hydrogen-bond acceptors (Lipinski definition) is 4. The first-order valence-corrected chi connectivity index (χ1v) is 11.3. The highest BCUT2D eigenvalue weighted by atomic mass is 32.1. The fraction of sp³-hybridized carbons (Fsp3) is 0.409. The summed E-state index contributed by atoms with van der Waals surface area (Å²) in [5, 5.41) is 5.26. The summed E-state index contributed by atoms with van der Waals surface area (Å²) in [6.45, 7) is 2.10. The van der Waals surface area contributed by atoms with Crippen molar-refractivity contribution >= 4 is 29.2 Å². The zero-order valence-corrected chi connectivity index (χ0v) is 18.2. The summed E-state index contributed by atoms with van der Waals surface area (Å²) in [5.41, 5.74) is 6.82. The molecule has 0 saturated heterocycles. The van der Waals surface area contributed by atoms with Gasteiger partial charge >= 0.3 is 6.03 Å². The number of amides is 4. The Labute approximate surface area is 184 Å². The molecule has 31 heavy (non-hydrogen) atoms. The highest BCUT2D eigenvalue weighted by molar-refractivity contribution is 7.14. The molecule has 4 amide bonds. The normalized spacial score (nSPS) is 13.6. The minimum absolute atomic E-state index is 0.201. The first-order chi connectivity index (χ1) is 15.0. The predicted octanol–water partition coefficient (Wildman–Crippen LogP) is 3.20. The van der Waals surface area contributed by atoms with Crippen LogP contribution < -0.4 is 21.5 Å². The Morgan fingerprint density at radius 2 is 1.84 bits per heavy atom. The highest BCUT2D eigenvalue weighted by Gasteiger charge is 2.22. The molecule has 0 aliphatic heterocycles. The predicted molar refractivity (Wildman–Crippen MR) is 117 cm³/mol. The molecule has 0 spiro atoms. The van der Waals surface area contributed by atoms with Crippen LogP contribution in [0.15, 0.2) is 30.3 Å². The summed E-state index contributed by atoms with van der Waals surface area (Å²) in [5.74, 6) is -1.20. The lowest BCUT2D eigenvalue weighted by atomic mass is 9.99. The Balaban J connectivity index is 1.48. The van der Waals surface area contributed by atoms with Gasteiger partial charge in [-0.3, -0.25) is 20.4 Å². The van der Waals surface area contributed by atoms with Gasteiger partial charge in [-0.25, -0.2) is 9.18 Å². The van der Waals surface area contributed by atoms with Crippen LogP contribution in [0.1, 0.15) is 58.3 Å². The number of halogens is 1. The van der Waals surface area contributed by atoms with Crippen molar-refractivity contribution in [2.24, 2.45) is 0 Å². The van der Waals surface area contributed by atoms with Crippen molar-refractivity contribution < 1.29 is 18.8 Å². The van der Waals surface area contributed by atoms with E-state index >= 15 is 0 Å². The standard InChI is InChI=1S/C22H27FN4O3S/c1-2-5-17(25-22(30)24-13-14-8-10-16(23)11-9-14)20(28)26-27-21(29)19-12-15-6-3-4-7-18(15)31-19/h8-12,17H,2-7,13H2,1H3,(H,26,28)(H,27,29)(H2,24,25,30). The maximum Gasteiger partial charge on any atom is 0.315 e. The number of aryl methyl sites for hydroxylation is 2. The molecule has 4 N–H and O–H groups in total. The summed E-state index contributed by atoms with van der Waals surface area (Å²) >= 11 is 1.46. The maximum absolute atomic E-state index is 13.0. The van der Waals surface area contributed by atoms with Crippen LogP contribution in [0.4, 0.5) is 9.18 Å². The fourth-order valence-corrected chi connectivity index (χ4v) is 4.57. The lowest BCUT2D eigenvalue weighted by Gasteiger charge is -2.18. The Bertz CT molecular complexity index is 906. The number of carbonyl (C=O) groups is 3. The molecular weight excluding hydrogens is 419 g/mol. The highest BCUT2D eigenvalue weighted by Crippen LogP contribution is 2.29. The van der Waals surface area contributed by atoms with E-state index in [0.717, 1.165) is 31.2 Å². The number of rotatable bonds is 7. The molecule has 3 rings (SSSR count). The molecular formula is C22H27FN4O3S. The molecule has 0 saturated carbocycles. The summed E-state index contributed by atoms with van der Waals surface area (Å²) < 4.78 is 13.0. The van der Waals surface area contributed by atoms with Gasteiger partial charge in [0.05, 0.1) is 4.88 Å². The molecule has 1 atom stereocenters. The average Bonchev–Trinajstić information content (AvgIpc) is 3.21. The topological polar surface area (TPSA) is 99.3 Å². The maximum atomic E-state index is 13.0. The zero-order valence-electron chi connectivity index (χ0n) is 17.4. The van der Waals surface area contributed by atoms with Gasteiger partial charge in [0.1, 0.15) is 11.9 Å². The van der Waals surface area contributed by atoms with E-state index in [1.807, 2.05) is 13.0 Å². The summed E-state index contributed by atoms with van der Waals surface area (Å²) in [6, 6.07) is 6.35. The molecule has 1 aromatic heterocycles. The van der Waals surface area contributed by atoms with Crippen LogP contribution in [0, 0.1) is 5.82 Å². The molecule has 1 aliphatic carbocycles. The van der Waals surface area contributed by atoms with Crippen LogP contribution in [0.5, 0.6) is 0 Å². The van der Waals surface area contributed by atoms with E-state index in [9.17, 15) is 18.8 Å². The van der Waals surface area contributed by atoms with Gasteiger partial charge in [0.25, 0.3) is 11.8 Å². The number of fused-ring (bicyclic) bond motifs is 1. The number of hydrazine groups is 1. The van der Waals surface area contributed by atoms with E-state index < -0.39 is 18.0 Å². The molecule has 1 aliphatic rings. The number of urea groups is 1. The fourth-order valence-electron chi connectivity index (χ4n) is 3.42. The Kier molecular flexibility index (Phi) is 8.00. The van der Waals surface area contributed by atoms with Crippen LogP contribution in [-0.2, 0) is 24.2 Å². The van der Waals surface area contributed by atoms with E-state index in [0.29, 0.717) is 17.7 Å². The summed E-state index contributed by atoms with van der Waals surface area (Å²) in [4.78, 5) is 38.9. The SMILES string of the molecule is CCCC(NC(=O)NCc1ccc(F)cc1)C(=O)NNC(=O)c1cc2c(s1)CCCC2. The van der Waals surface area contributed by atoms with Gasteiger partial charge in [-0.1, -0.05) is 25.5 Å². The molecule has 1 unspecified atom stereocenters. The molecule has 0 fully saturated rings. The molecule has 2 aromatic rings. The molecule has 0 radical (unpaired) electrons. The first kappa shape index (κ1) is 22.7. The van der Waals surface area contributed by atoms with E-state index in [-0.39, 0.29) is 18.3 Å². The third-order valence-electron chi connectivity index (χ3n) is 5.09. The van der Waals surface area contributed by atoms with Crippen LogP contribution in [0.3, 0.4) is 0 Å². The smallest absolute Gasteiger partial charge is 0.315 e. The van der Waals surface area contributed by atoms with Crippen molar-refractivity contribution in [3.8, 4) is 0 Å². The lowest BCUT2D eigenvalue weighted by Crippen LogP contribution is -2.53. The lowest BCUT2D eigenvalue weighted by molar-refractivity contribution is -0.123. The van der Waals surface area contributed by atoms with Gasteiger partial charge in [0.2, 0.25) is 0 Å². The van der Waals surface area contributed by atoms with E-state index in [4.69, 9.17) is 0 Å². The van der Waals surface area contributed by atoms with Crippen molar-refractivity contribution in [2.75, 3.05) is 0 Å². The number of nitrogens with one attached hydrogen (secondary N) is 4. The van der Waals surface area contributed by atoms with Crippen molar-refractivity contribution in [1.29, 1.82) is 0 Å². The zero-order chi connectivity index (χ0) is 22.2. The molecule has 1 heterocycles. The Hall–Kier alpha value is -2.94. The van der Waals surface area contributed by atoms with E-state index in [1.165, 1.54) is 33.9 Å². The quantitative estimate of drug-likeness (QED) is 0.492. The average molecular weight is 447 g/mol. The van der Waals surface area contributed by atoms with Crippen LogP contribution in [-0.4, -0.2) is 23.9 Å². The van der Waals surface area contributed by atoms with Crippen LogP contribution >= 0.6 is 11.3 Å². The minimum Gasteiger partial charge on any atom is -0.334 e. The second-order valence-electron chi connectivity index (χ2n) is 7.50. The van der Waals surface area contributed by atoms with E-state index in [2.05, 4.69) is 21.5 Å². The van der Waals surface area contributed by atoms with Gasteiger partial charge in [-0.15, -0.1) is 11.3 Å². The van der Waals surface area contributed by atoms with Crippen molar-refractivity contribution in [3.63, 3.8) is 0 Å². The largest absolute Gasteiger partial charge is 0.334 e. The molecule has 7 nitrogen and oxygen atoms in total. The third-order valence-corrected chi connectivity index (χ3v) is 6.32. The summed E-state index contributed by atoms with van der Waals surface area (Å²) in [6.07, 6.45) is 5.34. The number of carbonyl (C=O) groups excluding carboxylic acids is 3. The molecule has 9 heteroatoms. The summed E-state index contributed by atoms with van der Waals surface area (Å²) in [7, 11) is 0. The van der Waals surface area contributed by atoms with Gasteiger partial charge in [0, 0.05) is 11.4 Å². The van der Waals surface area contributed by atoms with Crippen LogP contribution in [0.25, 0.3) is 0 Å². The minimum atomic E-state index is -0.796. The number of thiophene rings is 1. The second-order valence-corrected chi connectivity index (χ2v) is 8.64. The Morgan fingerprint density at radius 1 is 1.10 bits per heavy atom. The number of benzene rings is 1. The van der Waals surface area contributed by atoms with E-state index in [1.54, 1.807) is 12.1 Å².